The molecular weight excluding hydrogens is 600 g/mol. The van der Waals surface area contributed by atoms with Crippen molar-refractivity contribution in [1.82, 2.24) is 0 Å². The van der Waals surface area contributed by atoms with Gasteiger partial charge >= 0.3 is 0 Å². The molecule has 3 fully saturated rings. The Bertz CT molecular complexity index is 791. The van der Waals surface area contributed by atoms with Crippen LogP contribution in [0.5, 0.6) is 0 Å². The van der Waals surface area contributed by atoms with E-state index in [1.54, 1.807) is 0 Å². The van der Waals surface area contributed by atoms with Gasteiger partial charge in [-0.05, 0) is 0 Å². The van der Waals surface area contributed by atoms with Gasteiger partial charge in [0.05, 0.1) is 26.4 Å². The zero-order chi connectivity index (χ0) is 33.2. The van der Waals surface area contributed by atoms with Crippen molar-refractivity contribution < 1.29 is 105 Å². The summed E-state index contributed by atoms with van der Waals surface area (Å²) in [5.74, 6) is -3.12. The number of Topliss-reactive ketones (excluding diaryl/α,β-unsaturated/α-hetero) is 1. The minimum atomic E-state index is -2.22. The minimum absolute atomic E-state index is 0.153. The van der Waals surface area contributed by atoms with Gasteiger partial charge in [-0.1, -0.05) is 0 Å². The van der Waals surface area contributed by atoms with Crippen LogP contribution in [-0.2, 0) is 23.7 Å². The lowest BCUT2D eigenvalue weighted by atomic mass is 9.99. The molecule has 3 saturated heterocycles. The average Bonchev–Trinajstić information content (AvgIpc) is 3.26. The molecule has 0 radical (unpaired) electrons. The number of rotatable bonds is 9. The number of hydrogen-bond acceptors (Lipinski definition) is 21. The maximum absolute atomic E-state index is 10.3. The molecule has 3 aliphatic rings. The molecule has 3 heterocycles. The number of hydrogen-bond donors (Lipinski definition) is 16. The van der Waals surface area contributed by atoms with Gasteiger partial charge < -0.3 is 101 Å². The van der Waals surface area contributed by atoms with Crippen LogP contribution in [0.3, 0.4) is 0 Å². The van der Waals surface area contributed by atoms with E-state index in [0.717, 1.165) is 0 Å². The Labute approximate surface area is 243 Å². The minimum Gasteiger partial charge on any atom is -0.394 e. The molecule has 0 aliphatic carbocycles. The third kappa shape index (κ3) is 9.93. The summed E-state index contributed by atoms with van der Waals surface area (Å²) in [6.07, 6.45) is -21.1. The number of aliphatic hydroxyl groups is 16. The summed E-state index contributed by atoms with van der Waals surface area (Å²) < 4.78 is 19.9. The van der Waals surface area contributed by atoms with Crippen molar-refractivity contribution in [3.8, 4) is 0 Å². The fraction of sp³-hybridized carbons (Fsp3) is 0.955. The van der Waals surface area contributed by atoms with Gasteiger partial charge in [0.25, 0.3) is 0 Å². The van der Waals surface area contributed by atoms with Crippen molar-refractivity contribution in [2.75, 3.05) is 39.6 Å². The van der Waals surface area contributed by atoms with E-state index in [9.17, 15) is 35.4 Å². The Morgan fingerprint density at radius 3 is 1.79 bits per heavy atom. The van der Waals surface area contributed by atoms with Crippen LogP contribution < -0.4 is 0 Å². The first-order valence-electron chi connectivity index (χ1n) is 12.8. The molecule has 16 N–H and O–H groups in total. The van der Waals surface area contributed by atoms with Gasteiger partial charge in [-0.15, -0.1) is 0 Å². The van der Waals surface area contributed by atoms with E-state index in [-0.39, 0.29) is 6.61 Å². The molecule has 0 bridgehead atoms. The second kappa shape index (κ2) is 18.1. The first-order chi connectivity index (χ1) is 20.1. The van der Waals surface area contributed by atoms with Gasteiger partial charge in [0.2, 0.25) is 5.79 Å². The monoisotopic (exact) mass is 642 g/mol. The van der Waals surface area contributed by atoms with Crippen molar-refractivity contribution >= 4 is 5.78 Å². The highest BCUT2D eigenvalue weighted by atomic mass is 16.8. The molecule has 15 atom stereocenters. The Morgan fingerprint density at radius 2 is 1.35 bits per heavy atom. The standard InChI is InChI=1S/C12H22O11.2C5H10O5/c13-1-4-6(16)8(18)9(19)11(21-4)23-12(3-15)10(20)7(17)5(2-14)22-12;6-2-1-10-5(9)4(8)3(2)7;6-1-3(8)5(10)4(9)2-7/h4-11,13-20H,1-3H2;2-9H,1H2;3,5-8,10H,1-2H2/t4-,5-,6-,7-,8+,9-,10+,11-,12+;2-,3+,4-,5?;/m11./s1. The number of ether oxygens (including phenoxy) is 4. The lowest BCUT2D eigenvalue weighted by Crippen LogP contribution is -2.62. The molecule has 3 unspecified atom stereocenters. The predicted molar refractivity (Wildman–Crippen MR) is 130 cm³/mol. The Balaban J connectivity index is 0.000000382. The zero-order valence-corrected chi connectivity index (χ0v) is 22.5. The van der Waals surface area contributed by atoms with Crippen LogP contribution in [0.15, 0.2) is 0 Å². The number of aliphatic hydroxyl groups excluding tert-OH is 16. The Morgan fingerprint density at radius 1 is 0.767 bits per heavy atom. The Hall–Kier alpha value is -1.13. The normalized spacial score (nSPS) is 42.6. The largest absolute Gasteiger partial charge is 0.394 e. The van der Waals surface area contributed by atoms with E-state index >= 15 is 0 Å². The van der Waals surface area contributed by atoms with E-state index < -0.39 is 130 Å². The summed E-state index contributed by atoms with van der Waals surface area (Å²) in [7, 11) is 0. The molecule has 0 amide bonds. The third-order valence-corrected chi connectivity index (χ3v) is 6.58. The summed E-state index contributed by atoms with van der Waals surface area (Å²) in [5.41, 5.74) is 0. The van der Waals surface area contributed by atoms with Gasteiger partial charge in [0, 0.05) is 0 Å². The second-order valence-electron chi connectivity index (χ2n) is 9.65. The molecule has 3 rings (SSSR count). The van der Waals surface area contributed by atoms with E-state index in [1.165, 1.54) is 0 Å². The molecule has 0 saturated carbocycles. The van der Waals surface area contributed by atoms with Gasteiger partial charge in [0.15, 0.2) is 18.4 Å². The van der Waals surface area contributed by atoms with Crippen molar-refractivity contribution in [3.63, 3.8) is 0 Å². The molecule has 0 aromatic carbocycles. The third-order valence-electron chi connectivity index (χ3n) is 6.58. The predicted octanol–water partition coefficient (Wildman–Crippen LogP) is -10.7. The second-order valence-corrected chi connectivity index (χ2v) is 9.65. The van der Waals surface area contributed by atoms with Crippen LogP contribution in [0.25, 0.3) is 0 Å². The van der Waals surface area contributed by atoms with Crippen LogP contribution in [-0.4, -0.2) is 219 Å². The lowest BCUT2D eigenvalue weighted by molar-refractivity contribution is -0.383. The van der Waals surface area contributed by atoms with Crippen molar-refractivity contribution in [1.29, 1.82) is 0 Å². The maximum Gasteiger partial charge on any atom is 0.224 e. The molecule has 21 heteroatoms. The van der Waals surface area contributed by atoms with Gasteiger partial charge in [-0.25, -0.2) is 0 Å². The molecule has 256 valence electrons. The smallest absolute Gasteiger partial charge is 0.224 e. The average molecular weight is 643 g/mol. The molecule has 0 aromatic rings. The summed E-state index contributed by atoms with van der Waals surface area (Å²) >= 11 is 0. The zero-order valence-electron chi connectivity index (χ0n) is 22.5. The first-order valence-corrected chi connectivity index (χ1v) is 12.8. The van der Waals surface area contributed by atoms with Crippen LogP contribution >= 0.6 is 0 Å². The lowest BCUT2D eigenvalue weighted by Gasteiger charge is -2.43. The van der Waals surface area contributed by atoms with Crippen molar-refractivity contribution in [2.24, 2.45) is 0 Å². The summed E-state index contributed by atoms with van der Waals surface area (Å²) in [5, 5.41) is 146. The first kappa shape index (κ1) is 39.9. The van der Waals surface area contributed by atoms with Crippen LogP contribution in [0.4, 0.5) is 0 Å². The number of ketones is 1. The SMILES string of the molecule is O=C(CO)C(O)C(O)CO.OC1OC[C@@H](O)[C@H](O)[C@H]1O.OC[C@H]1O[C@@](CO)(O[C@H]2O[C@H](CO)[C@@H](O)[C@H](O)[C@H]2O)[C@@H](O)[C@@H]1O. The quantitative estimate of drug-likeness (QED) is 0.111. The molecular formula is C22H42O21. The highest BCUT2D eigenvalue weighted by Gasteiger charge is 2.58. The molecule has 21 nitrogen and oxygen atoms in total. The molecule has 0 spiro atoms. The topological polar surface area (TPSA) is 378 Å². The van der Waals surface area contributed by atoms with E-state index in [1.807, 2.05) is 0 Å². The highest BCUT2D eigenvalue weighted by molar-refractivity contribution is 5.84. The van der Waals surface area contributed by atoms with Gasteiger partial charge in [-0.2, -0.15) is 0 Å². The van der Waals surface area contributed by atoms with Gasteiger partial charge in [0.1, 0.15) is 86.5 Å². The van der Waals surface area contributed by atoms with Crippen LogP contribution in [0.1, 0.15) is 0 Å². The van der Waals surface area contributed by atoms with Crippen molar-refractivity contribution in [2.45, 2.75) is 91.6 Å². The van der Waals surface area contributed by atoms with E-state index in [0.29, 0.717) is 0 Å². The van der Waals surface area contributed by atoms with Crippen LogP contribution in [0.2, 0.25) is 0 Å². The van der Waals surface area contributed by atoms with Crippen molar-refractivity contribution in [3.05, 3.63) is 0 Å². The van der Waals surface area contributed by atoms with Gasteiger partial charge in [-0.3, -0.25) is 4.79 Å². The number of carbonyl (C=O) groups excluding carboxylic acids is 1. The van der Waals surface area contributed by atoms with E-state index in [2.05, 4.69) is 4.74 Å². The summed E-state index contributed by atoms with van der Waals surface area (Å²) in [4.78, 5) is 10.3. The highest BCUT2D eigenvalue weighted by Crippen LogP contribution is 2.35. The molecule has 43 heavy (non-hydrogen) atoms. The summed E-state index contributed by atoms with van der Waals surface area (Å²) in [6.45, 7) is -4.01. The fourth-order valence-electron chi connectivity index (χ4n) is 3.83. The molecule has 0 aromatic heterocycles. The van der Waals surface area contributed by atoms with E-state index in [4.69, 9.17) is 65.3 Å². The molecule has 3 aliphatic heterocycles. The summed E-state index contributed by atoms with van der Waals surface area (Å²) in [6, 6.07) is 0. The fourth-order valence-corrected chi connectivity index (χ4v) is 3.83. The Kier molecular flexibility index (Phi) is 16.8. The number of carbonyl (C=O) groups is 1. The maximum atomic E-state index is 10.3. The van der Waals surface area contributed by atoms with Crippen LogP contribution in [0, 0.1) is 0 Å².